The van der Waals surface area contributed by atoms with E-state index in [4.69, 9.17) is 31.2 Å². The Kier molecular flexibility index (Phi) is 6.62. The Morgan fingerprint density at radius 3 is 2.64 bits per heavy atom. The minimum atomic E-state index is -1.04. The number of methoxy groups -OCH3 is 1. The molecule has 0 radical (unpaired) electrons. The molecule has 0 aromatic heterocycles. The summed E-state index contributed by atoms with van der Waals surface area (Å²) in [5.74, 6) is -1.78. The first kappa shape index (κ1) is 25.7. The molecule has 198 valence electrons. The van der Waals surface area contributed by atoms with Crippen LogP contribution in [0.25, 0.3) is 0 Å². The first-order chi connectivity index (χ1) is 18.7. The van der Waals surface area contributed by atoms with Crippen molar-refractivity contribution in [1.29, 1.82) is 0 Å². The number of esters is 1. The van der Waals surface area contributed by atoms with Crippen LogP contribution < -0.4 is 9.47 Å². The van der Waals surface area contributed by atoms with E-state index in [-0.39, 0.29) is 44.8 Å². The largest absolute Gasteiger partial charge is 0.504 e. The monoisotopic (exact) mass is 548 g/mol. The molecule has 2 amide bonds. The third kappa shape index (κ3) is 4.50. The number of nitrogens with zero attached hydrogens (tertiary/aromatic N) is 2. The molecular formula is C27H20N2O9S. The summed E-state index contributed by atoms with van der Waals surface area (Å²) >= 11 is 5.15. The number of benzene rings is 2. The molecular weight excluding hydrogens is 528 g/mol. The van der Waals surface area contributed by atoms with Crippen LogP contribution in [0.5, 0.6) is 23.0 Å². The molecule has 11 nitrogen and oxygen atoms in total. The maximum absolute atomic E-state index is 13.3. The molecule has 2 aromatic rings. The zero-order valence-corrected chi connectivity index (χ0v) is 21.3. The Morgan fingerprint density at radius 1 is 1.10 bits per heavy atom. The van der Waals surface area contributed by atoms with Crippen LogP contribution in [-0.2, 0) is 19.1 Å². The van der Waals surface area contributed by atoms with Crippen molar-refractivity contribution in [3.05, 3.63) is 83.5 Å². The molecule has 3 aliphatic rings. The number of aromatic hydroxyl groups is 1. The van der Waals surface area contributed by atoms with Gasteiger partial charge in [0.05, 0.1) is 25.2 Å². The summed E-state index contributed by atoms with van der Waals surface area (Å²) in [4.78, 5) is 52.3. The summed E-state index contributed by atoms with van der Waals surface area (Å²) < 4.78 is 22.2. The minimum absolute atomic E-state index is 0.0270. The van der Waals surface area contributed by atoms with Gasteiger partial charge >= 0.3 is 5.97 Å². The second kappa shape index (κ2) is 10.1. The maximum atomic E-state index is 13.3. The molecule has 5 rings (SSSR count). The van der Waals surface area contributed by atoms with Crippen molar-refractivity contribution in [3.63, 3.8) is 0 Å². The van der Waals surface area contributed by atoms with E-state index in [1.165, 1.54) is 80.1 Å². The summed E-state index contributed by atoms with van der Waals surface area (Å²) in [6.45, 7) is 0. The SMILES string of the molecule is COc1ccc(C(=O)O[C@H]2C=COC=C3C=C4C(=O)N(C)C(=S)C(=O)N4[C@@H]32)cc1Oc1cc(C=O)ccc1O. The molecule has 39 heavy (non-hydrogen) atoms. The molecule has 1 saturated heterocycles. The molecule has 12 heteroatoms. The van der Waals surface area contributed by atoms with Crippen LogP contribution in [0.15, 0.2) is 72.3 Å². The number of piperazine rings is 1. The highest BCUT2D eigenvalue weighted by atomic mass is 32.1. The topological polar surface area (TPSA) is 132 Å². The Bertz CT molecular complexity index is 1530. The van der Waals surface area contributed by atoms with Gasteiger partial charge in [-0.15, -0.1) is 0 Å². The van der Waals surface area contributed by atoms with Crippen LogP contribution >= 0.6 is 12.2 Å². The normalized spacial score (nSPS) is 19.8. The van der Waals surface area contributed by atoms with E-state index in [0.29, 0.717) is 11.9 Å². The van der Waals surface area contributed by atoms with Gasteiger partial charge < -0.3 is 24.1 Å². The smallest absolute Gasteiger partial charge is 0.338 e. The molecule has 1 fully saturated rings. The van der Waals surface area contributed by atoms with E-state index in [9.17, 15) is 24.3 Å². The number of hydrogen-bond donors (Lipinski definition) is 1. The summed E-state index contributed by atoms with van der Waals surface area (Å²) in [5, 5.41) is 10.2. The number of ether oxygens (including phenoxy) is 4. The highest BCUT2D eigenvalue weighted by Gasteiger charge is 2.49. The number of hydrogen-bond acceptors (Lipinski definition) is 10. The Morgan fingerprint density at radius 2 is 1.90 bits per heavy atom. The lowest BCUT2D eigenvalue weighted by Gasteiger charge is -2.36. The molecule has 0 bridgehead atoms. The molecule has 3 aliphatic heterocycles. The second-order valence-electron chi connectivity index (χ2n) is 8.58. The molecule has 3 heterocycles. The van der Waals surface area contributed by atoms with Gasteiger partial charge in [0.2, 0.25) is 0 Å². The van der Waals surface area contributed by atoms with Crippen molar-refractivity contribution in [2.24, 2.45) is 0 Å². The Balaban J connectivity index is 1.43. The van der Waals surface area contributed by atoms with Crippen LogP contribution in [-0.4, -0.2) is 70.3 Å². The fourth-order valence-corrected chi connectivity index (χ4v) is 4.47. The molecule has 1 N–H and O–H groups in total. The highest BCUT2D eigenvalue weighted by Crippen LogP contribution is 2.38. The van der Waals surface area contributed by atoms with Gasteiger partial charge in [0, 0.05) is 18.2 Å². The minimum Gasteiger partial charge on any atom is -0.504 e. The first-order valence-electron chi connectivity index (χ1n) is 11.5. The predicted molar refractivity (Wildman–Crippen MR) is 138 cm³/mol. The fourth-order valence-electron chi connectivity index (χ4n) is 4.29. The van der Waals surface area contributed by atoms with E-state index in [1.54, 1.807) is 0 Å². The summed E-state index contributed by atoms with van der Waals surface area (Å²) in [5.41, 5.74) is 0.856. The van der Waals surface area contributed by atoms with E-state index in [1.807, 2.05) is 0 Å². The fraction of sp³-hybridized carbons (Fsp3) is 0.148. The number of thiocarbonyl (C=S) groups is 1. The molecule has 0 unspecified atom stereocenters. The number of phenols is 1. The molecule has 0 aliphatic carbocycles. The lowest BCUT2D eigenvalue weighted by molar-refractivity contribution is -0.135. The third-order valence-corrected chi connectivity index (χ3v) is 6.71. The molecule has 0 spiro atoms. The number of carbonyl (C=O) groups excluding carboxylic acids is 4. The van der Waals surface area contributed by atoms with Gasteiger partial charge in [-0.1, -0.05) is 12.2 Å². The molecule has 2 atom stereocenters. The highest BCUT2D eigenvalue weighted by molar-refractivity contribution is 7.82. The van der Waals surface area contributed by atoms with Crippen molar-refractivity contribution in [3.8, 4) is 23.0 Å². The zero-order chi connectivity index (χ0) is 27.8. The lowest BCUT2D eigenvalue weighted by Crippen LogP contribution is -2.57. The number of carbonyl (C=O) groups is 4. The summed E-state index contributed by atoms with van der Waals surface area (Å²) in [6.07, 6.45) is 5.18. The van der Waals surface area contributed by atoms with Crippen LogP contribution in [0, 0.1) is 0 Å². The number of aldehydes is 1. The van der Waals surface area contributed by atoms with Crippen molar-refractivity contribution < 1.29 is 43.2 Å². The Hall–Kier alpha value is -4.97. The van der Waals surface area contributed by atoms with E-state index < -0.39 is 29.9 Å². The quantitative estimate of drug-likeness (QED) is 0.327. The predicted octanol–water partition coefficient (Wildman–Crippen LogP) is 2.85. The van der Waals surface area contributed by atoms with Crippen LogP contribution in [0.4, 0.5) is 0 Å². The van der Waals surface area contributed by atoms with E-state index >= 15 is 0 Å². The van der Waals surface area contributed by atoms with Crippen molar-refractivity contribution in [2.75, 3.05) is 14.2 Å². The van der Waals surface area contributed by atoms with E-state index in [2.05, 4.69) is 0 Å². The zero-order valence-electron chi connectivity index (χ0n) is 20.5. The molecule has 2 aromatic carbocycles. The van der Waals surface area contributed by atoms with Crippen molar-refractivity contribution in [1.82, 2.24) is 9.80 Å². The van der Waals surface area contributed by atoms with E-state index in [0.717, 1.165) is 4.90 Å². The van der Waals surface area contributed by atoms with Gasteiger partial charge in [-0.2, -0.15) is 0 Å². The van der Waals surface area contributed by atoms with Gasteiger partial charge in [0.1, 0.15) is 24.1 Å². The number of rotatable bonds is 6. The van der Waals surface area contributed by atoms with Crippen molar-refractivity contribution >= 4 is 41.3 Å². The van der Waals surface area contributed by atoms with Gasteiger partial charge in [-0.3, -0.25) is 24.2 Å². The van der Waals surface area contributed by atoms with Gasteiger partial charge in [-0.25, -0.2) is 4.79 Å². The lowest BCUT2D eigenvalue weighted by atomic mass is 10.0. The number of amides is 2. The average molecular weight is 549 g/mol. The summed E-state index contributed by atoms with van der Waals surface area (Å²) in [6, 6.07) is 7.43. The summed E-state index contributed by atoms with van der Waals surface area (Å²) in [7, 11) is 2.81. The number of phenolic OH excluding ortho intramolecular Hbond substituents is 1. The third-order valence-electron chi connectivity index (χ3n) is 6.26. The van der Waals surface area contributed by atoms with Gasteiger partial charge in [0.15, 0.2) is 28.0 Å². The van der Waals surface area contributed by atoms with Gasteiger partial charge in [0.25, 0.3) is 11.8 Å². The number of fused-ring (bicyclic) bond motifs is 3. The first-order valence-corrected chi connectivity index (χ1v) is 11.9. The molecule has 0 saturated carbocycles. The van der Waals surface area contributed by atoms with Crippen LogP contribution in [0.2, 0.25) is 0 Å². The maximum Gasteiger partial charge on any atom is 0.338 e. The average Bonchev–Trinajstić information content (AvgIpc) is 3.22. The van der Waals surface area contributed by atoms with Crippen molar-refractivity contribution in [2.45, 2.75) is 12.1 Å². The van der Waals surface area contributed by atoms with Crippen LogP contribution in [0.3, 0.4) is 0 Å². The van der Waals surface area contributed by atoms with Gasteiger partial charge in [-0.05, 0) is 48.6 Å². The number of likely N-dealkylation sites (N-methyl/N-ethyl adjacent to an activating group) is 1. The standard InChI is InChI=1S/C27H20N2O9S/c1-28-24(32)17-10-16-13-36-8-7-20(23(16)29(17)25(33)26(28)39)38-27(34)15-4-6-19(35-2)22(11-15)37-21-9-14(12-30)3-5-18(21)31/h3-13,20,23,31H,1-2H3/t20-,23-/m0/s1. The Labute approximate surface area is 227 Å². The van der Waals surface area contributed by atoms with Crippen LogP contribution in [0.1, 0.15) is 20.7 Å². The second-order valence-corrected chi connectivity index (χ2v) is 8.97.